The molecule has 2 rings (SSSR count). The third-order valence-electron chi connectivity index (χ3n) is 3.20. The van der Waals surface area contributed by atoms with Crippen LogP contribution in [0.3, 0.4) is 0 Å². The third kappa shape index (κ3) is 2.38. The Kier molecular flexibility index (Phi) is 3.19. The molecule has 0 amide bonds. The van der Waals surface area contributed by atoms with E-state index in [1.54, 1.807) is 18.3 Å². The van der Waals surface area contributed by atoms with Gasteiger partial charge in [-0.25, -0.2) is 8.78 Å². The molecule has 1 N–H and O–H groups in total. The zero-order valence-electron chi connectivity index (χ0n) is 9.00. The number of alkyl halides is 2. The molecule has 1 aliphatic rings. The summed E-state index contributed by atoms with van der Waals surface area (Å²) in [7, 11) is 0. The summed E-state index contributed by atoms with van der Waals surface area (Å²) in [4.78, 5) is 4.22. The van der Waals surface area contributed by atoms with Crippen LogP contribution >= 0.6 is 0 Å². The van der Waals surface area contributed by atoms with Crippen LogP contribution in [-0.4, -0.2) is 16.0 Å². The van der Waals surface area contributed by atoms with E-state index in [2.05, 4.69) is 4.98 Å². The standard InChI is InChI=1S/C12H15F2NO/c13-12(14)5-3-9(4-6-12)11-10(8-16)2-1-7-15-11/h1-2,7,9,16H,3-6,8H2. The predicted octanol–water partition coefficient (Wildman–Crippen LogP) is 2.87. The van der Waals surface area contributed by atoms with Crippen molar-refractivity contribution in [3.8, 4) is 0 Å². The lowest BCUT2D eigenvalue weighted by molar-refractivity contribution is -0.0385. The lowest BCUT2D eigenvalue weighted by Gasteiger charge is -2.28. The molecule has 0 atom stereocenters. The van der Waals surface area contributed by atoms with Crippen LogP contribution in [0.2, 0.25) is 0 Å². The van der Waals surface area contributed by atoms with E-state index < -0.39 is 5.92 Å². The van der Waals surface area contributed by atoms with Gasteiger partial charge in [0.1, 0.15) is 0 Å². The summed E-state index contributed by atoms with van der Waals surface area (Å²) in [5.74, 6) is -2.44. The van der Waals surface area contributed by atoms with E-state index in [1.807, 2.05) is 0 Å². The predicted molar refractivity (Wildman–Crippen MR) is 56.3 cm³/mol. The molecule has 1 aromatic rings. The van der Waals surface area contributed by atoms with Gasteiger partial charge in [-0.05, 0) is 24.5 Å². The molecule has 0 saturated heterocycles. The van der Waals surface area contributed by atoms with E-state index in [-0.39, 0.29) is 25.4 Å². The van der Waals surface area contributed by atoms with Crippen LogP contribution in [0.1, 0.15) is 42.9 Å². The molecule has 1 aromatic heterocycles. The molecule has 1 aliphatic carbocycles. The van der Waals surface area contributed by atoms with Crippen molar-refractivity contribution in [2.24, 2.45) is 0 Å². The maximum Gasteiger partial charge on any atom is 0.248 e. The minimum atomic E-state index is -2.51. The molecule has 0 bridgehead atoms. The van der Waals surface area contributed by atoms with Crippen molar-refractivity contribution in [1.29, 1.82) is 0 Å². The average molecular weight is 227 g/mol. The fourth-order valence-corrected chi connectivity index (χ4v) is 2.27. The first-order valence-electron chi connectivity index (χ1n) is 5.55. The second-order valence-electron chi connectivity index (χ2n) is 4.34. The fourth-order valence-electron chi connectivity index (χ4n) is 2.27. The van der Waals surface area contributed by atoms with Crippen LogP contribution in [0.15, 0.2) is 18.3 Å². The molecular formula is C12H15F2NO. The van der Waals surface area contributed by atoms with Crippen LogP contribution < -0.4 is 0 Å². The van der Waals surface area contributed by atoms with Crippen molar-refractivity contribution in [1.82, 2.24) is 4.98 Å². The quantitative estimate of drug-likeness (QED) is 0.842. The number of rotatable bonds is 2. The summed E-state index contributed by atoms with van der Waals surface area (Å²) in [6.07, 6.45) is 2.42. The zero-order valence-corrected chi connectivity index (χ0v) is 9.00. The Hall–Kier alpha value is -1.03. The van der Waals surface area contributed by atoms with Crippen LogP contribution in [0.5, 0.6) is 0 Å². The van der Waals surface area contributed by atoms with Crippen molar-refractivity contribution in [3.05, 3.63) is 29.6 Å². The summed E-state index contributed by atoms with van der Waals surface area (Å²) < 4.78 is 26.0. The molecule has 0 spiro atoms. The Labute approximate surface area is 93.3 Å². The molecule has 1 saturated carbocycles. The zero-order chi connectivity index (χ0) is 11.6. The molecule has 0 unspecified atom stereocenters. The molecule has 0 radical (unpaired) electrons. The molecular weight excluding hydrogens is 212 g/mol. The SMILES string of the molecule is OCc1cccnc1C1CCC(F)(F)CC1. The van der Waals surface area contributed by atoms with Crippen molar-refractivity contribution in [3.63, 3.8) is 0 Å². The van der Waals surface area contributed by atoms with Crippen LogP contribution in [0.4, 0.5) is 8.78 Å². The molecule has 2 nitrogen and oxygen atoms in total. The first-order chi connectivity index (χ1) is 7.62. The average Bonchev–Trinajstić information content (AvgIpc) is 2.29. The van der Waals surface area contributed by atoms with E-state index in [1.165, 1.54) is 0 Å². The lowest BCUT2D eigenvalue weighted by Crippen LogP contribution is -2.24. The van der Waals surface area contributed by atoms with Gasteiger partial charge in [-0.3, -0.25) is 4.98 Å². The second kappa shape index (κ2) is 4.45. The van der Waals surface area contributed by atoms with E-state index >= 15 is 0 Å². The van der Waals surface area contributed by atoms with Gasteiger partial charge in [0.15, 0.2) is 0 Å². The second-order valence-corrected chi connectivity index (χ2v) is 4.34. The van der Waals surface area contributed by atoms with Crippen molar-refractivity contribution >= 4 is 0 Å². The normalized spacial score (nSPS) is 20.9. The van der Waals surface area contributed by atoms with Gasteiger partial charge in [0, 0.05) is 30.7 Å². The first kappa shape index (κ1) is 11.5. The topological polar surface area (TPSA) is 33.1 Å². The number of halogens is 2. The van der Waals surface area contributed by atoms with Crippen molar-refractivity contribution in [2.45, 2.75) is 44.1 Å². The molecule has 0 aromatic carbocycles. The highest BCUT2D eigenvalue weighted by atomic mass is 19.3. The highest BCUT2D eigenvalue weighted by Gasteiger charge is 2.36. The molecule has 16 heavy (non-hydrogen) atoms. The number of aliphatic hydroxyl groups is 1. The number of aliphatic hydroxyl groups excluding tert-OH is 1. The number of aromatic nitrogens is 1. The van der Waals surface area contributed by atoms with Gasteiger partial charge < -0.3 is 5.11 Å². The number of nitrogens with zero attached hydrogens (tertiary/aromatic N) is 1. The summed E-state index contributed by atoms with van der Waals surface area (Å²) in [6.45, 7) is -0.0733. The smallest absolute Gasteiger partial charge is 0.248 e. The highest BCUT2D eigenvalue weighted by molar-refractivity contribution is 5.23. The number of pyridine rings is 1. The van der Waals surface area contributed by atoms with E-state index in [9.17, 15) is 8.78 Å². The summed E-state index contributed by atoms with van der Waals surface area (Å²) in [5.41, 5.74) is 1.55. The van der Waals surface area contributed by atoms with E-state index in [4.69, 9.17) is 5.11 Å². The molecule has 1 heterocycles. The Bertz CT molecular complexity index is 358. The fraction of sp³-hybridized carbons (Fsp3) is 0.583. The van der Waals surface area contributed by atoms with Crippen molar-refractivity contribution in [2.75, 3.05) is 0 Å². The maximum atomic E-state index is 13.0. The van der Waals surface area contributed by atoms with Crippen LogP contribution in [-0.2, 0) is 6.61 Å². The molecule has 88 valence electrons. The first-order valence-corrected chi connectivity index (χ1v) is 5.55. The van der Waals surface area contributed by atoms with Gasteiger partial charge in [-0.15, -0.1) is 0 Å². The Morgan fingerprint density at radius 1 is 1.38 bits per heavy atom. The number of hydrogen-bond donors (Lipinski definition) is 1. The minimum Gasteiger partial charge on any atom is -0.392 e. The Morgan fingerprint density at radius 2 is 2.06 bits per heavy atom. The van der Waals surface area contributed by atoms with Crippen molar-refractivity contribution < 1.29 is 13.9 Å². The lowest BCUT2D eigenvalue weighted by atomic mass is 9.83. The van der Waals surface area contributed by atoms with Gasteiger partial charge in [0.25, 0.3) is 0 Å². The van der Waals surface area contributed by atoms with E-state index in [0.717, 1.165) is 11.3 Å². The molecule has 1 fully saturated rings. The maximum absolute atomic E-state index is 13.0. The molecule has 0 aliphatic heterocycles. The Morgan fingerprint density at radius 3 is 2.69 bits per heavy atom. The number of hydrogen-bond acceptors (Lipinski definition) is 2. The van der Waals surface area contributed by atoms with Gasteiger partial charge in [-0.1, -0.05) is 6.07 Å². The van der Waals surface area contributed by atoms with Crippen LogP contribution in [0, 0.1) is 0 Å². The van der Waals surface area contributed by atoms with E-state index in [0.29, 0.717) is 12.8 Å². The van der Waals surface area contributed by atoms with Gasteiger partial charge >= 0.3 is 0 Å². The Balaban J connectivity index is 2.14. The van der Waals surface area contributed by atoms with Gasteiger partial charge in [0.2, 0.25) is 5.92 Å². The molecule has 4 heteroatoms. The summed E-state index contributed by atoms with van der Waals surface area (Å²) in [6, 6.07) is 3.56. The largest absolute Gasteiger partial charge is 0.392 e. The summed E-state index contributed by atoms with van der Waals surface area (Å²) >= 11 is 0. The summed E-state index contributed by atoms with van der Waals surface area (Å²) in [5, 5.41) is 9.16. The van der Waals surface area contributed by atoms with Gasteiger partial charge in [-0.2, -0.15) is 0 Å². The monoisotopic (exact) mass is 227 g/mol. The third-order valence-corrected chi connectivity index (χ3v) is 3.20. The minimum absolute atomic E-state index is 0.0703. The highest BCUT2D eigenvalue weighted by Crippen LogP contribution is 2.40. The van der Waals surface area contributed by atoms with Gasteiger partial charge in [0.05, 0.1) is 6.61 Å². The van der Waals surface area contributed by atoms with Crippen LogP contribution in [0.25, 0.3) is 0 Å².